The third kappa shape index (κ3) is 5.84. The molecule has 0 bridgehead atoms. The smallest absolute Gasteiger partial charge is 0.141 e. The van der Waals surface area contributed by atoms with Gasteiger partial charge >= 0.3 is 0 Å². The summed E-state index contributed by atoms with van der Waals surface area (Å²) in [5.41, 5.74) is 14.3. The van der Waals surface area contributed by atoms with Crippen molar-refractivity contribution in [1.29, 1.82) is 0 Å². The number of benzene rings is 2. The van der Waals surface area contributed by atoms with Crippen LogP contribution in [0.3, 0.4) is 0 Å². The van der Waals surface area contributed by atoms with E-state index in [0.29, 0.717) is 12.4 Å². The van der Waals surface area contributed by atoms with Crippen LogP contribution in [0.1, 0.15) is 16.7 Å². The van der Waals surface area contributed by atoms with Crippen molar-refractivity contribution in [2.45, 2.75) is 6.61 Å². The number of rotatable bonds is 6. The zero-order valence-corrected chi connectivity index (χ0v) is 16.9. The van der Waals surface area contributed by atoms with Gasteiger partial charge in [-0.2, -0.15) is 0 Å². The molecule has 0 aliphatic carbocycles. The zero-order chi connectivity index (χ0) is 21.2. The Morgan fingerprint density at radius 1 is 1.07 bits per heavy atom. The fraction of sp³-hybridized carbons (Fsp3) is 0.130. The molecule has 1 heterocycles. The van der Waals surface area contributed by atoms with E-state index in [0.717, 1.165) is 33.8 Å². The first-order chi connectivity index (χ1) is 14.0. The van der Waals surface area contributed by atoms with Gasteiger partial charge in [-0.15, -0.1) is 0 Å². The minimum Gasteiger partial charge on any atom is -0.489 e. The molecular weight excluding hydrogens is 362 g/mol. The van der Waals surface area contributed by atoms with Gasteiger partial charge in [0, 0.05) is 14.1 Å². The van der Waals surface area contributed by atoms with E-state index in [9.17, 15) is 0 Å². The Balaban J connectivity index is 0.000000941. The molecule has 3 rings (SSSR count). The minimum absolute atomic E-state index is 0.415. The molecule has 0 amide bonds. The highest BCUT2D eigenvalue weighted by Gasteiger charge is 2.15. The highest BCUT2D eigenvalue weighted by atomic mass is 16.5. The number of nitrogens with zero attached hydrogens (tertiary/aromatic N) is 3. The monoisotopic (exact) mass is 389 g/mol. The van der Waals surface area contributed by atoms with E-state index < -0.39 is 0 Å². The maximum absolute atomic E-state index is 6.08. The van der Waals surface area contributed by atoms with Crippen LogP contribution in [0.2, 0.25) is 0 Å². The first-order valence-corrected chi connectivity index (χ1v) is 9.04. The van der Waals surface area contributed by atoms with Crippen molar-refractivity contribution in [3.05, 3.63) is 97.0 Å². The highest BCUT2D eigenvalue weighted by Crippen LogP contribution is 2.32. The maximum atomic E-state index is 6.08. The van der Waals surface area contributed by atoms with Crippen LogP contribution < -0.4 is 21.1 Å². The number of ether oxygens (including phenoxy) is 1. The molecule has 2 aromatic carbocycles. The highest BCUT2D eigenvalue weighted by molar-refractivity contribution is 5.88. The third-order valence-electron chi connectivity index (χ3n) is 4.03. The standard InChI is InChI=1S/C21H22N4O.C2H5N/c1-15(19-20(22)23-14-24-21(19)25(2)3)17-9-11-18(12-10-17)26-13-16-7-5-4-6-8-16;1-2-3/h4-12,14H,1,13H2,2-3H3,(H2,22,23,24);2H,1,3H2. The number of nitrogen functional groups attached to an aromatic ring is 1. The average Bonchev–Trinajstić information content (AvgIpc) is 2.73. The lowest BCUT2D eigenvalue weighted by Crippen LogP contribution is -2.15. The van der Waals surface area contributed by atoms with E-state index in [1.54, 1.807) is 0 Å². The first kappa shape index (κ1) is 21.5. The molecule has 0 radical (unpaired) electrons. The Morgan fingerprint density at radius 3 is 2.28 bits per heavy atom. The van der Waals surface area contributed by atoms with Crippen LogP contribution >= 0.6 is 0 Å². The van der Waals surface area contributed by atoms with E-state index >= 15 is 0 Å². The van der Waals surface area contributed by atoms with Crippen LogP contribution in [-0.4, -0.2) is 24.1 Å². The van der Waals surface area contributed by atoms with Crippen molar-refractivity contribution < 1.29 is 4.74 Å². The van der Waals surface area contributed by atoms with Gasteiger partial charge in [0.2, 0.25) is 0 Å². The summed E-state index contributed by atoms with van der Waals surface area (Å²) < 4.78 is 5.83. The van der Waals surface area contributed by atoms with Gasteiger partial charge in [-0.05, 0) is 35.0 Å². The lowest BCUT2D eigenvalue weighted by Gasteiger charge is -2.18. The predicted molar refractivity (Wildman–Crippen MR) is 121 cm³/mol. The molecule has 3 aromatic rings. The van der Waals surface area contributed by atoms with Crippen molar-refractivity contribution in [3.8, 4) is 5.75 Å². The molecule has 4 N–H and O–H groups in total. The Morgan fingerprint density at radius 2 is 1.69 bits per heavy atom. The van der Waals surface area contributed by atoms with E-state index in [1.165, 1.54) is 12.5 Å². The van der Waals surface area contributed by atoms with E-state index in [-0.39, 0.29) is 0 Å². The molecule has 6 nitrogen and oxygen atoms in total. The Bertz CT molecular complexity index is 937. The maximum Gasteiger partial charge on any atom is 0.141 e. The summed E-state index contributed by atoms with van der Waals surface area (Å²) in [6.07, 6.45) is 2.71. The van der Waals surface area contributed by atoms with Gasteiger partial charge in [0.1, 0.15) is 30.3 Å². The molecule has 150 valence electrons. The second-order valence-corrected chi connectivity index (χ2v) is 6.36. The Kier molecular flexibility index (Phi) is 7.79. The van der Waals surface area contributed by atoms with Crippen LogP contribution in [0, 0.1) is 0 Å². The number of nitrogens with two attached hydrogens (primary N) is 2. The Hall–Kier alpha value is -3.80. The lowest BCUT2D eigenvalue weighted by molar-refractivity contribution is 0.306. The fourth-order valence-corrected chi connectivity index (χ4v) is 2.66. The summed E-state index contributed by atoms with van der Waals surface area (Å²) >= 11 is 0. The van der Waals surface area contributed by atoms with E-state index in [1.807, 2.05) is 73.6 Å². The van der Waals surface area contributed by atoms with Gasteiger partial charge in [-0.1, -0.05) is 55.6 Å². The Labute approximate surface area is 172 Å². The number of aromatic nitrogens is 2. The van der Waals surface area contributed by atoms with Crippen LogP contribution in [-0.2, 0) is 6.61 Å². The van der Waals surface area contributed by atoms with Gasteiger partial charge in [0.25, 0.3) is 0 Å². The zero-order valence-electron chi connectivity index (χ0n) is 16.9. The summed E-state index contributed by atoms with van der Waals surface area (Å²) in [7, 11) is 3.83. The van der Waals surface area contributed by atoms with Crippen LogP contribution in [0.15, 0.2) is 80.3 Å². The van der Waals surface area contributed by atoms with Crippen LogP contribution in [0.5, 0.6) is 5.75 Å². The molecule has 29 heavy (non-hydrogen) atoms. The molecule has 0 saturated carbocycles. The fourth-order valence-electron chi connectivity index (χ4n) is 2.66. The van der Waals surface area contributed by atoms with Gasteiger partial charge in [-0.25, -0.2) is 9.97 Å². The summed E-state index contributed by atoms with van der Waals surface area (Å²) in [5, 5.41) is 0. The molecule has 0 aliphatic rings. The van der Waals surface area contributed by atoms with E-state index in [4.69, 9.17) is 10.5 Å². The van der Waals surface area contributed by atoms with Crippen molar-refractivity contribution >= 4 is 17.2 Å². The summed E-state index contributed by atoms with van der Waals surface area (Å²) in [4.78, 5) is 10.3. The predicted octanol–water partition coefficient (Wildman–Crippen LogP) is 3.85. The van der Waals surface area contributed by atoms with Crippen LogP contribution in [0.4, 0.5) is 11.6 Å². The van der Waals surface area contributed by atoms with Gasteiger partial charge in [0.15, 0.2) is 0 Å². The molecule has 0 atom stereocenters. The van der Waals surface area contributed by atoms with Gasteiger partial charge in [0.05, 0.1) is 5.56 Å². The number of hydrogen-bond donors (Lipinski definition) is 2. The summed E-state index contributed by atoms with van der Waals surface area (Å²) in [6.45, 7) is 7.87. The first-order valence-electron chi connectivity index (χ1n) is 9.04. The second-order valence-electron chi connectivity index (χ2n) is 6.36. The summed E-state index contributed by atoms with van der Waals surface area (Å²) in [5.74, 6) is 1.96. The lowest BCUT2D eigenvalue weighted by atomic mass is 10.00. The topological polar surface area (TPSA) is 90.3 Å². The largest absolute Gasteiger partial charge is 0.489 e. The van der Waals surface area contributed by atoms with Crippen molar-refractivity contribution in [3.63, 3.8) is 0 Å². The number of anilines is 2. The average molecular weight is 390 g/mol. The molecule has 0 saturated heterocycles. The van der Waals surface area contributed by atoms with Crippen LogP contribution in [0.25, 0.3) is 5.57 Å². The van der Waals surface area contributed by atoms with Gasteiger partial charge in [-0.3, -0.25) is 0 Å². The van der Waals surface area contributed by atoms with Gasteiger partial charge < -0.3 is 21.1 Å². The molecular formula is C23H27N5O. The molecule has 0 aliphatic heterocycles. The second kappa shape index (κ2) is 10.5. The summed E-state index contributed by atoms with van der Waals surface area (Å²) in [6, 6.07) is 17.9. The molecule has 0 spiro atoms. The third-order valence-corrected chi connectivity index (χ3v) is 4.03. The van der Waals surface area contributed by atoms with Crippen molar-refractivity contribution in [1.82, 2.24) is 9.97 Å². The molecule has 0 fully saturated rings. The SMILES string of the molecule is C=C(c1ccc(OCc2ccccc2)cc1)c1c(N)ncnc1N(C)C.C=CN. The molecule has 0 unspecified atom stereocenters. The normalized spacial score (nSPS) is 9.72. The van der Waals surface area contributed by atoms with Crippen molar-refractivity contribution in [2.24, 2.45) is 5.73 Å². The molecule has 1 aromatic heterocycles. The quantitative estimate of drug-likeness (QED) is 0.665. The number of hydrogen-bond acceptors (Lipinski definition) is 6. The van der Waals surface area contributed by atoms with Crippen molar-refractivity contribution in [2.75, 3.05) is 24.7 Å². The van der Waals surface area contributed by atoms with E-state index in [2.05, 4.69) is 28.9 Å². The molecule has 6 heteroatoms. The minimum atomic E-state index is 0.415.